The average molecular weight is 245 g/mol. The van der Waals surface area contributed by atoms with Gasteiger partial charge in [0.1, 0.15) is 0 Å². The summed E-state index contributed by atoms with van der Waals surface area (Å²) in [6.45, 7) is 0. The lowest BCUT2D eigenvalue weighted by Gasteiger charge is -2.06. The second kappa shape index (κ2) is 4.81. The van der Waals surface area contributed by atoms with Crippen molar-refractivity contribution in [3.8, 4) is 17.5 Å². The van der Waals surface area contributed by atoms with Gasteiger partial charge in [-0.15, -0.1) is 10.2 Å². The van der Waals surface area contributed by atoms with Crippen molar-refractivity contribution in [1.82, 2.24) is 10.2 Å². The number of hydrogen-bond acceptors (Lipinski definition) is 4. The zero-order valence-corrected chi connectivity index (χ0v) is 9.89. The predicted molar refractivity (Wildman–Crippen MR) is 66.5 cm³/mol. The molecule has 1 aromatic heterocycles. The standard InChI is InChI=1S/C12H9ClN4/c1-17(8-14)12-7-6-11(15-16-12)9-2-4-10(13)5-3-9/h2-7H,1H3. The Morgan fingerprint density at radius 2 is 1.82 bits per heavy atom. The fraction of sp³-hybridized carbons (Fsp3) is 0.0833. The van der Waals surface area contributed by atoms with Crippen molar-refractivity contribution in [2.45, 2.75) is 0 Å². The lowest BCUT2D eigenvalue weighted by atomic mass is 10.1. The first-order chi connectivity index (χ1) is 8.20. The van der Waals surface area contributed by atoms with E-state index in [1.165, 1.54) is 4.90 Å². The van der Waals surface area contributed by atoms with Gasteiger partial charge in [0.25, 0.3) is 0 Å². The molecule has 0 N–H and O–H groups in total. The smallest absolute Gasteiger partial charge is 0.185 e. The van der Waals surface area contributed by atoms with Crippen LogP contribution in [0.25, 0.3) is 11.3 Å². The molecular formula is C12H9ClN4. The number of nitrogens with zero attached hydrogens (tertiary/aromatic N) is 4. The second-order valence-corrected chi connectivity index (χ2v) is 3.88. The van der Waals surface area contributed by atoms with Crippen LogP contribution in [0.5, 0.6) is 0 Å². The van der Waals surface area contributed by atoms with Crippen LogP contribution in [0.2, 0.25) is 5.02 Å². The van der Waals surface area contributed by atoms with Gasteiger partial charge in [-0.25, -0.2) is 0 Å². The summed E-state index contributed by atoms with van der Waals surface area (Å²) in [5, 5.41) is 17.4. The molecule has 0 aliphatic rings. The zero-order chi connectivity index (χ0) is 12.3. The van der Waals surface area contributed by atoms with Crippen molar-refractivity contribution in [3.05, 3.63) is 41.4 Å². The number of aromatic nitrogens is 2. The Kier molecular flexibility index (Phi) is 3.22. The summed E-state index contributed by atoms with van der Waals surface area (Å²) < 4.78 is 0. The summed E-state index contributed by atoms with van der Waals surface area (Å²) in [4.78, 5) is 1.35. The average Bonchev–Trinajstić information content (AvgIpc) is 2.39. The van der Waals surface area contributed by atoms with Crippen LogP contribution in [0.15, 0.2) is 36.4 Å². The van der Waals surface area contributed by atoms with E-state index in [-0.39, 0.29) is 0 Å². The number of rotatable bonds is 2. The van der Waals surface area contributed by atoms with Crippen molar-refractivity contribution in [1.29, 1.82) is 5.26 Å². The molecule has 0 spiro atoms. The first-order valence-corrected chi connectivity index (χ1v) is 5.31. The number of anilines is 1. The molecular weight excluding hydrogens is 236 g/mol. The summed E-state index contributed by atoms with van der Waals surface area (Å²) in [7, 11) is 1.63. The highest BCUT2D eigenvalue weighted by atomic mass is 35.5. The van der Waals surface area contributed by atoms with E-state index in [1.54, 1.807) is 25.2 Å². The first kappa shape index (κ1) is 11.4. The Balaban J connectivity index is 2.30. The second-order valence-electron chi connectivity index (χ2n) is 3.44. The predicted octanol–water partition coefficient (Wildman–Crippen LogP) is 2.71. The van der Waals surface area contributed by atoms with Crippen LogP contribution < -0.4 is 4.90 Å². The minimum atomic E-state index is 0.519. The Morgan fingerprint density at radius 1 is 1.12 bits per heavy atom. The molecule has 1 heterocycles. The fourth-order valence-corrected chi connectivity index (χ4v) is 1.46. The maximum atomic E-state index is 8.70. The van der Waals surface area contributed by atoms with Gasteiger partial charge in [0.15, 0.2) is 12.0 Å². The highest BCUT2D eigenvalue weighted by Gasteiger charge is 2.03. The van der Waals surface area contributed by atoms with Crippen LogP contribution in [0, 0.1) is 11.5 Å². The molecule has 5 heteroatoms. The lowest BCUT2D eigenvalue weighted by molar-refractivity contribution is 0.994. The molecule has 0 radical (unpaired) electrons. The summed E-state index contributed by atoms with van der Waals surface area (Å²) in [5.41, 5.74) is 1.69. The van der Waals surface area contributed by atoms with E-state index in [4.69, 9.17) is 16.9 Å². The third-order valence-corrected chi connectivity index (χ3v) is 2.54. The van der Waals surface area contributed by atoms with Crippen LogP contribution in [0.3, 0.4) is 0 Å². The topological polar surface area (TPSA) is 52.8 Å². The largest absolute Gasteiger partial charge is 0.265 e. The molecule has 0 unspecified atom stereocenters. The van der Waals surface area contributed by atoms with Gasteiger partial charge in [-0.3, -0.25) is 4.90 Å². The Labute approximate surface area is 104 Å². The minimum Gasteiger partial charge on any atom is -0.265 e. The Morgan fingerprint density at radius 3 is 2.35 bits per heavy atom. The molecule has 0 fully saturated rings. The quantitative estimate of drug-likeness (QED) is 0.602. The van der Waals surface area contributed by atoms with Gasteiger partial charge in [-0.1, -0.05) is 23.7 Å². The summed E-state index contributed by atoms with van der Waals surface area (Å²) in [6, 6.07) is 10.9. The van der Waals surface area contributed by atoms with Crippen molar-refractivity contribution < 1.29 is 0 Å². The molecule has 0 saturated carbocycles. The highest BCUT2D eigenvalue weighted by molar-refractivity contribution is 6.30. The van der Waals surface area contributed by atoms with Crippen molar-refractivity contribution in [2.75, 3.05) is 11.9 Å². The van der Waals surface area contributed by atoms with E-state index < -0.39 is 0 Å². The van der Waals surface area contributed by atoms with Crippen LogP contribution in [-0.2, 0) is 0 Å². The van der Waals surface area contributed by atoms with E-state index in [2.05, 4.69) is 10.2 Å². The van der Waals surface area contributed by atoms with Crippen LogP contribution in [-0.4, -0.2) is 17.2 Å². The van der Waals surface area contributed by atoms with Crippen molar-refractivity contribution >= 4 is 17.4 Å². The first-order valence-electron chi connectivity index (χ1n) is 4.94. The van der Waals surface area contributed by atoms with E-state index in [9.17, 15) is 0 Å². The van der Waals surface area contributed by atoms with Crippen molar-refractivity contribution in [2.24, 2.45) is 0 Å². The zero-order valence-electron chi connectivity index (χ0n) is 9.13. The molecule has 0 saturated heterocycles. The Hall–Kier alpha value is -2.12. The van der Waals surface area contributed by atoms with Gasteiger partial charge in [0, 0.05) is 17.6 Å². The molecule has 2 aromatic rings. The summed E-state index contributed by atoms with van der Waals surface area (Å²) in [5.74, 6) is 0.519. The number of halogens is 1. The maximum Gasteiger partial charge on any atom is 0.185 e. The third-order valence-electron chi connectivity index (χ3n) is 2.28. The van der Waals surface area contributed by atoms with Gasteiger partial charge in [-0.05, 0) is 24.3 Å². The van der Waals surface area contributed by atoms with Gasteiger partial charge in [-0.2, -0.15) is 5.26 Å². The molecule has 0 bridgehead atoms. The maximum absolute atomic E-state index is 8.70. The molecule has 4 nitrogen and oxygen atoms in total. The summed E-state index contributed by atoms with van der Waals surface area (Å²) in [6.07, 6.45) is 1.96. The number of benzene rings is 1. The van der Waals surface area contributed by atoms with Gasteiger partial charge >= 0.3 is 0 Å². The van der Waals surface area contributed by atoms with E-state index in [0.717, 1.165) is 11.3 Å². The molecule has 84 valence electrons. The van der Waals surface area contributed by atoms with E-state index in [0.29, 0.717) is 10.8 Å². The molecule has 0 aliphatic heterocycles. The molecule has 0 atom stereocenters. The van der Waals surface area contributed by atoms with Crippen LogP contribution in [0.4, 0.5) is 5.82 Å². The minimum absolute atomic E-state index is 0.519. The van der Waals surface area contributed by atoms with Gasteiger partial charge < -0.3 is 0 Å². The monoisotopic (exact) mass is 244 g/mol. The lowest BCUT2D eigenvalue weighted by Crippen LogP contribution is -2.10. The van der Waals surface area contributed by atoms with Gasteiger partial charge in [0.2, 0.25) is 0 Å². The SMILES string of the molecule is CN(C#N)c1ccc(-c2ccc(Cl)cc2)nn1. The normalized spacial score (nSPS) is 9.71. The highest BCUT2D eigenvalue weighted by Crippen LogP contribution is 2.20. The fourth-order valence-electron chi connectivity index (χ4n) is 1.33. The third kappa shape index (κ3) is 2.52. The molecule has 0 amide bonds. The van der Waals surface area contributed by atoms with Gasteiger partial charge in [0.05, 0.1) is 5.69 Å². The van der Waals surface area contributed by atoms with E-state index in [1.807, 2.05) is 24.4 Å². The van der Waals surface area contributed by atoms with Crippen LogP contribution >= 0.6 is 11.6 Å². The number of hydrogen-bond donors (Lipinski definition) is 0. The number of nitriles is 1. The molecule has 17 heavy (non-hydrogen) atoms. The van der Waals surface area contributed by atoms with Crippen LogP contribution in [0.1, 0.15) is 0 Å². The summed E-state index contributed by atoms with van der Waals surface area (Å²) >= 11 is 5.81. The molecule has 1 aromatic carbocycles. The van der Waals surface area contributed by atoms with E-state index >= 15 is 0 Å². The van der Waals surface area contributed by atoms with Crippen molar-refractivity contribution in [3.63, 3.8) is 0 Å². The Bertz CT molecular complexity index is 542. The molecule has 2 rings (SSSR count). The molecule has 0 aliphatic carbocycles.